The first-order valence-electron chi connectivity index (χ1n) is 9.62. The minimum atomic E-state index is -3.89. The summed E-state index contributed by atoms with van der Waals surface area (Å²) in [6.07, 6.45) is 0.609. The number of hydrogen-bond acceptors (Lipinski definition) is 6. The van der Waals surface area contributed by atoms with Gasteiger partial charge in [0.15, 0.2) is 0 Å². The van der Waals surface area contributed by atoms with Gasteiger partial charge in [-0.1, -0.05) is 24.3 Å². The number of hydrogen-bond donors (Lipinski definition) is 1. The second-order valence-electron chi connectivity index (χ2n) is 7.34. The summed E-state index contributed by atoms with van der Waals surface area (Å²) in [6.45, 7) is 4.07. The predicted molar refractivity (Wildman–Crippen MR) is 114 cm³/mol. The van der Waals surface area contributed by atoms with Crippen LogP contribution in [-0.4, -0.2) is 65.4 Å². The van der Waals surface area contributed by atoms with Crippen molar-refractivity contribution < 1.29 is 21.6 Å². The highest BCUT2D eigenvalue weighted by Gasteiger charge is 2.30. The average Bonchev–Trinajstić information content (AvgIpc) is 2.73. The predicted octanol–water partition coefficient (Wildman–Crippen LogP) is 1.28. The van der Waals surface area contributed by atoms with Gasteiger partial charge in [-0.2, -0.15) is 4.31 Å². The monoisotopic (exact) mass is 453 g/mol. The van der Waals surface area contributed by atoms with Crippen LogP contribution in [0.15, 0.2) is 58.3 Å². The molecule has 1 aliphatic rings. The molecule has 2 N–H and O–H groups in total. The highest BCUT2D eigenvalue weighted by Crippen LogP contribution is 2.25. The number of methoxy groups -OCH3 is 1. The van der Waals surface area contributed by atoms with Crippen molar-refractivity contribution in [3.05, 3.63) is 54.1 Å². The molecule has 30 heavy (non-hydrogen) atoms. The molecule has 0 aromatic heterocycles. The van der Waals surface area contributed by atoms with Crippen molar-refractivity contribution in [1.82, 2.24) is 9.21 Å². The molecule has 2 aromatic rings. The lowest BCUT2D eigenvalue weighted by Crippen LogP contribution is -2.51. The van der Waals surface area contributed by atoms with Crippen LogP contribution < -0.4 is 9.88 Å². The molecule has 164 valence electrons. The van der Waals surface area contributed by atoms with Crippen molar-refractivity contribution in [1.29, 1.82) is 0 Å². The van der Waals surface area contributed by atoms with E-state index in [0.29, 0.717) is 37.5 Å². The third kappa shape index (κ3) is 5.01. The number of benzene rings is 2. The molecule has 3 rings (SSSR count). The van der Waals surface area contributed by atoms with E-state index in [9.17, 15) is 16.8 Å². The number of piperazine rings is 1. The third-order valence-electron chi connectivity index (χ3n) is 5.34. The summed E-state index contributed by atoms with van der Waals surface area (Å²) in [5.74, 6) is 0.216. The van der Waals surface area contributed by atoms with Crippen molar-refractivity contribution in [2.24, 2.45) is 5.14 Å². The summed E-state index contributed by atoms with van der Waals surface area (Å²) in [5.41, 5.74) is 0.826. The first-order chi connectivity index (χ1) is 14.1. The Kier molecular flexibility index (Phi) is 6.83. The van der Waals surface area contributed by atoms with Crippen LogP contribution in [0.1, 0.15) is 12.5 Å². The van der Waals surface area contributed by atoms with E-state index in [-0.39, 0.29) is 16.7 Å². The second-order valence-corrected chi connectivity index (χ2v) is 10.8. The summed E-state index contributed by atoms with van der Waals surface area (Å²) in [5, 5.41) is 5.30. The Morgan fingerprint density at radius 3 is 2.20 bits per heavy atom. The Hall–Kier alpha value is -1.98. The number of primary sulfonamides is 1. The largest absolute Gasteiger partial charge is 0.495 e. The maximum Gasteiger partial charge on any atom is 0.243 e. The summed E-state index contributed by atoms with van der Waals surface area (Å²) < 4.78 is 55.8. The van der Waals surface area contributed by atoms with Crippen molar-refractivity contribution in [2.45, 2.75) is 29.2 Å². The number of rotatable bonds is 7. The van der Waals surface area contributed by atoms with E-state index in [4.69, 9.17) is 9.88 Å². The van der Waals surface area contributed by atoms with Crippen LogP contribution in [0.3, 0.4) is 0 Å². The molecule has 1 atom stereocenters. The van der Waals surface area contributed by atoms with Crippen molar-refractivity contribution >= 4 is 20.0 Å². The Bertz CT molecular complexity index is 1080. The van der Waals surface area contributed by atoms with Crippen LogP contribution in [-0.2, 0) is 26.5 Å². The van der Waals surface area contributed by atoms with Crippen molar-refractivity contribution in [3.8, 4) is 5.75 Å². The van der Waals surface area contributed by atoms with Crippen LogP contribution >= 0.6 is 0 Å². The van der Waals surface area contributed by atoms with E-state index in [1.807, 2.05) is 13.0 Å². The molecule has 1 saturated heterocycles. The maximum atomic E-state index is 12.8. The molecular weight excluding hydrogens is 426 g/mol. The molecule has 0 bridgehead atoms. The molecule has 0 saturated carbocycles. The average molecular weight is 454 g/mol. The quantitative estimate of drug-likeness (QED) is 0.676. The van der Waals surface area contributed by atoms with Gasteiger partial charge in [-0.25, -0.2) is 22.0 Å². The van der Waals surface area contributed by atoms with E-state index in [1.165, 1.54) is 11.4 Å². The fourth-order valence-electron chi connectivity index (χ4n) is 3.67. The van der Waals surface area contributed by atoms with Crippen LogP contribution in [0.25, 0.3) is 0 Å². The highest BCUT2D eigenvalue weighted by atomic mass is 32.2. The Balaban J connectivity index is 1.66. The van der Waals surface area contributed by atoms with Gasteiger partial charge < -0.3 is 4.74 Å². The van der Waals surface area contributed by atoms with E-state index in [0.717, 1.165) is 5.56 Å². The summed E-state index contributed by atoms with van der Waals surface area (Å²) in [6, 6.07) is 13.5. The summed E-state index contributed by atoms with van der Waals surface area (Å²) in [4.78, 5) is 2.48. The molecule has 0 aliphatic carbocycles. The summed E-state index contributed by atoms with van der Waals surface area (Å²) >= 11 is 0. The standard InChI is InChI=1S/C20H27N3O5S2/c1-16(14-17-8-9-19(28-2)20(15-17)29(21,24)25)22-10-12-23(13-11-22)30(26,27)18-6-4-3-5-7-18/h3-9,15-16H,10-14H2,1-2H3,(H2,21,24,25)/t16-/m1/s1. The first-order valence-corrected chi connectivity index (χ1v) is 12.6. The van der Waals surface area contributed by atoms with E-state index in [2.05, 4.69) is 4.90 Å². The SMILES string of the molecule is COc1ccc(C[C@@H](C)N2CCN(S(=O)(=O)c3ccccc3)CC2)cc1S(N)(=O)=O. The van der Waals surface area contributed by atoms with Crippen molar-refractivity contribution in [3.63, 3.8) is 0 Å². The lowest BCUT2D eigenvalue weighted by atomic mass is 10.1. The molecule has 8 nitrogen and oxygen atoms in total. The van der Waals surface area contributed by atoms with Gasteiger partial charge in [-0.3, -0.25) is 4.90 Å². The number of nitrogens with two attached hydrogens (primary N) is 1. The number of nitrogens with zero attached hydrogens (tertiary/aromatic N) is 2. The highest BCUT2D eigenvalue weighted by molar-refractivity contribution is 7.89. The molecule has 1 aliphatic heterocycles. The van der Waals surface area contributed by atoms with Gasteiger partial charge in [0.1, 0.15) is 10.6 Å². The van der Waals surface area contributed by atoms with Gasteiger partial charge in [0.25, 0.3) is 0 Å². The van der Waals surface area contributed by atoms with Gasteiger partial charge in [0, 0.05) is 32.2 Å². The zero-order chi connectivity index (χ0) is 21.9. The fourth-order valence-corrected chi connectivity index (χ4v) is 5.86. The lowest BCUT2D eigenvalue weighted by Gasteiger charge is -2.37. The maximum absolute atomic E-state index is 12.8. The summed E-state index contributed by atoms with van der Waals surface area (Å²) in [7, 11) is -5.98. The van der Waals surface area contributed by atoms with Gasteiger partial charge in [0.05, 0.1) is 12.0 Å². The van der Waals surface area contributed by atoms with Crippen LogP contribution in [0, 0.1) is 0 Å². The zero-order valence-corrected chi connectivity index (χ0v) is 18.7. The Morgan fingerprint density at radius 1 is 1.00 bits per heavy atom. The molecule has 0 amide bonds. The molecular formula is C20H27N3O5S2. The minimum absolute atomic E-state index is 0.0338. The first kappa shape index (κ1) is 22.7. The lowest BCUT2D eigenvalue weighted by molar-refractivity contribution is 0.145. The normalized spacial score (nSPS) is 17.6. The Labute approximate surface area is 178 Å². The van der Waals surface area contributed by atoms with Gasteiger partial charge in [-0.15, -0.1) is 0 Å². The molecule has 0 unspecified atom stereocenters. The zero-order valence-electron chi connectivity index (χ0n) is 17.1. The third-order valence-corrected chi connectivity index (χ3v) is 8.19. The number of sulfonamides is 2. The Morgan fingerprint density at radius 2 is 1.63 bits per heavy atom. The van der Waals surface area contributed by atoms with Gasteiger partial charge in [-0.05, 0) is 43.2 Å². The van der Waals surface area contributed by atoms with Gasteiger partial charge in [0.2, 0.25) is 20.0 Å². The molecule has 2 aromatic carbocycles. The van der Waals surface area contributed by atoms with Crippen molar-refractivity contribution in [2.75, 3.05) is 33.3 Å². The molecule has 0 spiro atoms. The van der Waals surface area contributed by atoms with Crippen LogP contribution in [0.2, 0.25) is 0 Å². The van der Waals surface area contributed by atoms with E-state index < -0.39 is 20.0 Å². The fraction of sp³-hybridized carbons (Fsp3) is 0.400. The smallest absolute Gasteiger partial charge is 0.243 e. The second kappa shape index (κ2) is 9.03. The molecule has 1 fully saturated rings. The van der Waals surface area contributed by atoms with E-state index in [1.54, 1.807) is 42.5 Å². The topological polar surface area (TPSA) is 110 Å². The van der Waals surface area contributed by atoms with E-state index >= 15 is 0 Å². The minimum Gasteiger partial charge on any atom is -0.495 e. The van der Waals surface area contributed by atoms with Crippen LogP contribution in [0.4, 0.5) is 0 Å². The molecule has 0 radical (unpaired) electrons. The molecule has 10 heteroatoms. The van der Waals surface area contributed by atoms with Gasteiger partial charge >= 0.3 is 0 Å². The number of ether oxygens (including phenoxy) is 1. The molecule has 1 heterocycles. The van der Waals surface area contributed by atoms with Crippen LogP contribution in [0.5, 0.6) is 5.75 Å².